The van der Waals surface area contributed by atoms with Gasteiger partial charge in [0.1, 0.15) is 5.82 Å². The van der Waals surface area contributed by atoms with E-state index in [1.165, 1.54) is 24.6 Å². The molecule has 5 nitrogen and oxygen atoms in total. The predicted molar refractivity (Wildman–Crippen MR) is 79.2 cm³/mol. The van der Waals surface area contributed by atoms with Gasteiger partial charge >= 0.3 is 5.97 Å². The minimum Gasteiger partial charge on any atom is -0.481 e. The number of aliphatic carboxylic acids is 1. The van der Waals surface area contributed by atoms with Gasteiger partial charge in [-0.3, -0.25) is 9.36 Å². The van der Waals surface area contributed by atoms with Crippen molar-refractivity contribution in [2.24, 2.45) is 0 Å². The molecule has 1 aliphatic rings. The quantitative estimate of drug-likeness (QED) is 0.746. The Morgan fingerprint density at radius 2 is 1.90 bits per heavy atom. The first kappa shape index (κ1) is 15.4. The zero-order valence-electron chi connectivity index (χ0n) is 12.4. The summed E-state index contributed by atoms with van der Waals surface area (Å²) in [6.45, 7) is 6.57. The second-order valence-electron chi connectivity index (χ2n) is 5.42. The number of thioether (sulfide) groups is 1. The molecule has 1 aromatic heterocycles. The molecule has 1 saturated carbocycles. The summed E-state index contributed by atoms with van der Waals surface area (Å²) < 4.78 is 2.25. The van der Waals surface area contributed by atoms with E-state index in [0.717, 1.165) is 30.2 Å². The zero-order chi connectivity index (χ0) is 14.8. The molecular formula is C14H23N3O2S. The van der Waals surface area contributed by atoms with Crippen LogP contribution in [0.2, 0.25) is 0 Å². The van der Waals surface area contributed by atoms with Crippen molar-refractivity contribution in [3.63, 3.8) is 0 Å². The topological polar surface area (TPSA) is 68.0 Å². The van der Waals surface area contributed by atoms with E-state index in [2.05, 4.69) is 35.5 Å². The van der Waals surface area contributed by atoms with E-state index in [1.807, 2.05) is 0 Å². The van der Waals surface area contributed by atoms with Gasteiger partial charge < -0.3 is 5.11 Å². The van der Waals surface area contributed by atoms with Crippen molar-refractivity contribution in [1.29, 1.82) is 0 Å². The highest BCUT2D eigenvalue weighted by molar-refractivity contribution is 7.99. The van der Waals surface area contributed by atoms with Crippen LogP contribution >= 0.6 is 11.8 Å². The molecule has 0 atom stereocenters. The van der Waals surface area contributed by atoms with E-state index in [0.29, 0.717) is 5.92 Å². The van der Waals surface area contributed by atoms with Gasteiger partial charge in [0.2, 0.25) is 0 Å². The lowest BCUT2D eigenvalue weighted by Crippen LogP contribution is -2.33. The van der Waals surface area contributed by atoms with Crippen LogP contribution in [0.4, 0.5) is 0 Å². The lowest BCUT2D eigenvalue weighted by atomic mass is 9.89. The summed E-state index contributed by atoms with van der Waals surface area (Å²) in [5, 5.41) is 18.3. The third-order valence-electron chi connectivity index (χ3n) is 4.37. The van der Waals surface area contributed by atoms with E-state index < -0.39 is 5.97 Å². The first-order valence-electron chi connectivity index (χ1n) is 7.38. The normalized spacial score (nSPS) is 15.6. The molecule has 2 rings (SSSR count). The molecule has 0 aliphatic heterocycles. The van der Waals surface area contributed by atoms with Crippen LogP contribution in [0.25, 0.3) is 0 Å². The molecule has 1 aliphatic carbocycles. The molecule has 0 aromatic carbocycles. The molecule has 20 heavy (non-hydrogen) atoms. The molecule has 0 bridgehead atoms. The molecule has 0 spiro atoms. The number of rotatable bonds is 8. The zero-order valence-corrected chi connectivity index (χ0v) is 13.2. The summed E-state index contributed by atoms with van der Waals surface area (Å²) >= 11 is 1.28. The Bertz CT molecular complexity index is 470. The number of hydrogen-bond acceptors (Lipinski definition) is 4. The Morgan fingerprint density at radius 3 is 2.35 bits per heavy atom. The van der Waals surface area contributed by atoms with Crippen molar-refractivity contribution in [2.45, 2.75) is 69.5 Å². The Morgan fingerprint density at radius 1 is 1.30 bits per heavy atom. The minimum atomic E-state index is -0.812. The van der Waals surface area contributed by atoms with Gasteiger partial charge in [0.15, 0.2) is 5.16 Å². The summed E-state index contributed by atoms with van der Waals surface area (Å²) in [4.78, 5) is 10.8. The van der Waals surface area contributed by atoms with Crippen LogP contribution in [0.3, 0.4) is 0 Å². The summed E-state index contributed by atoms with van der Waals surface area (Å²) in [6, 6.07) is 0. The molecule has 0 amide bonds. The second-order valence-corrected chi connectivity index (χ2v) is 6.36. The number of hydrogen-bond donors (Lipinski definition) is 1. The Labute approximate surface area is 124 Å². The van der Waals surface area contributed by atoms with Crippen LogP contribution in [-0.2, 0) is 10.3 Å². The highest BCUT2D eigenvalue weighted by Gasteiger charge is 2.38. The average Bonchev–Trinajstić information content (AvgIpc) is 3.20. The van der Waals surface area contributed by atoms with Crippen molar-refractivity contribution in [1.82, 2.24) is 14.8 Å². The van der Waals surface area contributed by atoms with Gasteiger partial charge in [0.25, 0.3) is 0 Å². The molecule has 0 saturated heterocycles. The van der Waals surface area contributed by atoms with E-state index in [9.17, 15) is 4.79 Å². The lowest BCUT2D eigenvalue weighted by molar-refractivity contribution is -0.133. The number of carbonyl (C=O) groups is 1. The van der Waals surface area contributed by atoms with Gasteiger partial charge in [0, 0.05) is 11.5 Å². The maximum atomic E-state index is 10.8. The smallest absolute Gasteiger partial charge is 0.313 e. The molecule has 6 heteroatoms. The summed E-state index contributed by atoms with van der Waals surface area (Å²) in [6.07, 6.45) is 5.39. The SMILES string of the molecule is CCC(CC)(CC)n1c(SCC(=O)O)nnc1C1CC1. The van der Waals surface area contributed by atoms with E-state index in [1.54, 1.807) is 0 Å². The van der Waals surface area contributed by atoms with Crippen LogP contribution in [0.1, 0.15) is 64.6 Å². The average molecular weight is 297 g/mol. The Hall–Kier alpha value is -1.04. The molecule has 1 aromatic rings. The van der Waals surface area contributed by atoms with Crippen LogP contribution in [0.5, 0.6) is 0 Å². The predicted octanol–water partition coefficient (Wildman–Crippen LogP) is 3.26. The van der Waals surface area contributed by atoms with Gasteiger partial charge in [-0.25, -0.2) is 0 Å². The molecule has 1 N–H and O–H groups in total. The van der Waals surface area contributed by atoms with Crippen LogP contribution in [-0.4, -0.2) is 31.6 Å². The minimum absolute atomic E-state index is 0.0161. The van der Waals surface area contributed by atoms with E-state index in [-0.39, 0.29) is 11.3 Å². The summed E-state index contributed by atoms with van der Waals surface area (Å²) in [5.74, 6) is 0.803. The maximum Gasteiger partial charge on any atom is 0.313 e. The fourth-order valence-electron chi connectivity index (χ4n) is 2.78. The van der Waals surface area contributed by atoms with E-state index in [4.69, 9.17) is 5.11 Å². The van der Waals surface area contributed by atoms with Gasteiger partial charge in [-0.1, -0.05) is 32.5 Å². The fourth-order valence-corrected chi connectivity index (χ4v) is 3.54. The van der Waals surface area contributed by atoms with Gasteiger partial charge in [0.05, 0.1) is 5.75 Å². The standard InChI is InChI=1S/C14H23N3O2S/c1-4-14(5-2,6-3)17-12(10-7-8-10)15-16-13(17)20-9-11(18)19/h10H,4-9H2,1-3H3,(H,18,19). The van der Waals surface area contributed by atoms with Crippen molar-refractivity contribution in [2.75, 3.05) is 5.75 Å². The second kappa shape index (κ2) is 6.16. The number of nitrogens with zero attached hydrogens (tertiary/aromatic N) is 3. The largest absolute Gasteiger partial charge is 0.481 e. The van der Waals surface area contributed by atoms with Gasteiger partial charge in [-0.15, -0.1) is 10.2 Å². The van der Waals surface area contributed by atoms with Crippen molar-refractivity contribution < 1.29 is 9.90 Å². The van der Waals surface area contributed by atoms with Crippen LogP contribution < -0.4 is 0 Å². The molecule has 112 valence electrons. The fraction of sp³-hybridized carbons (Fsp3) is 0.786. The monoisotopic (exact) mass is 297 g/mol. The highest BCUT2D eigenvalue weighted by Crippen LogP contribution is 2.44. The Balaban J connectivity index is 2.40. The van der Waals surface area contributed by atoms with Gasteiger partial charge in [-0.2, -0.15) is 0 Å². The van der Waals surface area contributed by atoms with Crippen molar-refractivity contribution in [3.8, 4) is 0 Å². The third kappa shape index (κ3) is 2.85. The summed E-state index contributed by atoms with van der Waals surface area (Å²) in [5.41, 5.74) is 0.0161. The maximum absolute atomic E-state index is 10.8. The molecule has 0 unspecified atom stereocenters. The van der Waals surface area contributed by atoms with Crippen molar-refractivity contribution >= 4 is 17.7 Å². The number of carboxylic acids is 1. The van der Waals surface area contributed by atoms with Crippen LogP contribution in [0, 0.1) is 0 Å². The number of aromatic nitrogens is 3. The first-order valence-corrected chi connectivity index (χ1v) is 8.36. The third-order valence-corrected chi connectivity index (χ3v) is 5.29. The molecule has 1 fully saturated rings. The molecule has 0 radical (unpaired) electrons. The molecule has 1 heterocycles. The highest BCUT2D eigenvalue weighted by atomic mass is 32.2. The van der Waals surface area contributed by atoms with E-state index >= 15 is 0 Å². The lowest BCUT2D eigenvalue weighted by Gasteiger charge is -2.34. The number of carboxylic acid groups (broad SMARTS) is 1. The molecular weight excluding hydrogens is 274 g/mol. The first-order chi connectivity index (χ1) is 9.57. The Kier molecular flexibility index (Phi) is 4.73. The van der Waals surface area contributed by atoms with Crippen molar-refractivity contribution in [3.05, 3.63) is 5.82 Å². The summed E-state index contributed by atoms with van der Waals surface area (Å²) in [7, 11) is 0. The van der Waals surface area contributed by atoms with Gasteiger partial charge in [-0.05, 0) is 32.1 Å². The van der Waals surface area contributed by atoms with Crippen LogP contribution in [0.15, 0.2) is 5.16 Å².